The number of halogens is 1. The molecule has 3 nitrogen and oxygen atoms in total. The zero-order valence-electron chi connectivity index (χ0n) is 8.37. The fourth-order valence-corrected chi connectivity index (χ4v) is 2.63. The van der Waals surface area contributed by atoms with E-state index in [0.29, 0.717) is 6.10 Å². The Balaban J connectivity index is 1.84. The van der Waals surface area contributed by atoms with Gasteiger partial charge in [-0.2, -0.15) is 0 Å². The van der Waals surface area contributed by atoms with Gasteiger partial charge in [0.1, 0.15) is 0 Å². The molecule has 1 unspecified atom stereocenters. The Labute approximate surface area is 97.3 Å². The number of nitrogens with zero attached hydrogens (tertiary/aromatic N) is 1. The smallest absolute Gasteiger partial charge is 0.0936 e. The third-order valence-electron chi connectivity index (χ3n) is 3.04. The maximum Gasteiger partial charge on any atom is 0.0936 e. The quantitative estimate of drug-likeness (QED) is 0.657. The molecule has 0 aromatic heterocycles. The molecule has 2 aliphatic heterocycles. The average Bonchev–Trinajstić information content (AvgIpc) is 2.89. The third kappa shape index (κ3) is 1.77. The third-order valence-corrected chi connectivity index (χ3v) is 3.78. The maximum atomic E-state index is 5.97. The van der Waals surface area contributed by atoms with Crippen LogP contribution < -0.4 is 5.73 Å². The Morgan fingerprint density at radius 3 is 2.80 bits per heavy atom. The highest BCUT2D eigenvalue weighted by Crippen LogP contribution is 2.34. The summed E-state index contributed by atoms with van der Waals surface area (Å²) in [7, 11) is 0. The van der Waals surface area contributed by atoms with Crippen molar-refractivity contribution in [3.8, 4) is 0 Å². The van der Waals surface area contributed by atoms with Crippen LogP contribution >= 0.6 is 15.9 Å². The average molecular weight is 269 g/mol. The van der Waals surface area contributed by atoms with Gasteiger partial charge in [0.2, 0.25) is 0 Å². The van der Waals surface area contributed by atoms with Crippen molar-refractivity contribution in [3.63, 3.8) is 0 Å². The van der Waals surface area contributed by atoms with E-state index in [2.05, 4.69) is 20.8 Å². The van der Waals surface area contributed by atoms with Gasteiger partial charge in [0.15, 0.2) is 0 Å². The number of hydrogen-bond donors (Lipinski definition) is 1. The van der Waals surface area contributed by atoms with Crippen LogP contribution in [0.3, 0.4) is 0 Å². The molecule has 15 heavy (non-hydrogen) atoms. The van der Waals surface area contributed by atoms with E-state index in [0.717, 1.165) is 31.9 Å². The van der Waals surface area contributed by atoms with Gasteiger partial charge in [-0.25, -0.2) is 0 Å². The minimum Gasteiger partial charge on any atom is -0.398 e. The van der Waals surface area contributed by atoms with Gasteiger partial charge in [-0.3, -0.25) is 4.90 Å². The molecular formula is C11H13BrN2O. The number of rotatable bonds is 2. The van der Waals surface area contributed by atoms with Crippen molar-refractivity contribution in [2.75, 3.05) is 18.9 Å². The largest absolute Gasteiger partial charge is 0.398 e. The molecule has 4 heteroatoms. The lowest BCUT2D eigenvalue weighted by atomic mass is 10.1. The molecule has 80 valence electrons. The zero-order valence-corrected chi connectivity index (χ0v) is 9.96. The number of fused-ring (bicyclic) bond motifs is 1. The van der Waals surface area contributed by atoms with Crippen LogP contribution in [0.1, 0.15) is 11.1 Å². The molecular weight excluding hydrogens is 256 g/mol. The van der Waals surface area contributed by atoms with Gasteiger partial charge in [0.05, 0.1) is 12.7 Å². The van der Waals surface area contributed by atoms with Crippen LogP contribution in [0, 0.1) is 0 Å². The van der Waals surface area contributed by atoms with Crippen molar-refractivity contribution < 1.29 is 4.74 Å². The monoisotopic (exact) mass is 268 g/mol. The second-order valence-electron chi connectivity index (χ2n) is 4.22. The lowest BCUT2D eigenvalue weighted by Crippen LogP contribution is -2.21. The fraction of sp³-hybridized carbons (Fsp3) is 0.455. The number of epoxide rings is 1. The van der Waals surface area contributed by atoms with Gasteiger partial charge >= 0.3 is 0 Å². The summed E-state index contributed by atoms with van der Waals surface area (Å²) >= 11 is 3.58. The van der Waals surface area contributed by atoms with Crippen LogP contribution in [0.4, 0.5) is 5.69 Å². The molecule has 0 aliphatic carbocycles. The zero-order chi connectivity index (χ0) is 10.4. The summed E-state index contributed by atoms with van der Waals surface area (Å²) in [6, 6.07) is 4.01. The summed E-state index contributed by atoms with van der Waals surface area (Å²) in [5.74, 6) is 0. The first kappa shape index (κ1) is 9.63. The molecule has 3 rings (SSSR count). The van der Waals surface area contributed by atoms with Crippen LogP contribution in [0.15, 0.2) is 16.6 Å². The molecule has 2 N–H and O–H groups in total. The first-order chi connectivity index (χ1) is 7.24. The number of ether oxygens (including phenoxy) is 1. The molecule has 2 aliphatic rings. The molecule has 0 amide bonds. The second kappa shape index (κ2) is 3.47. The molecule has 0 radical (unpaired) electrons. The summed E-state index contributed by atoms with van der Waals surface area (Å²) in [6.45, 7) is 3.89. The fourth-order valence-electron chi connectivity index (χ4n) is 2.13. The van der Waals surface area contributed by atoms with Crippen LogP contribution in [0.2, 0.25) is 0 Å². The minimum atomic E-state index is 0.458. The van der Waals surface area contributed by atoms with Crippen molar-refractivity contribution in [1.82, 2.24) is 4.90 Å². The summed E-state index contributed by atoms with van der Waals surface area (Å²) in [4.78, 5) is 2.39. The van der Waals surface area contributed by atoms with E-state index < -0.39 is 0 Å². The molecule has 1 atom stereocenters. The van der Waals surface area contributed by atoms with Crippen molar-refractivity contribution in [2.24, 2.45) is 0 Å². The Hall–Kier alpha value is -0.580. The Kier molecular flexibility index (Phi) is 2.23. The number of hydrogen-bond acceptors (Lipinski definition) is 3. The lowest BCUT2D eigenvalue weighted by molar-refractivity contribution is 0.248. The van der Waals surface area contributed by atoms with Crippen molar-refractivity contribution in [3.05, 3.63) is 27.7 Å². The molecule has 0 saturated carbocycles. The van der Waals surface area contributed by atoms with Gasteiger partial charge in [-0.1, -0.05) is 15.9 Å². The van der Waals surface area contributed by atoms with E-state index in [1.807, 2.05) is 12.1 Å². The first-order valence-corrected chi connectivity index (χ1v) is 5.93. The van der Waals surface area contributed by atoms with E-state index >= 15 is 0 Å². The molecule has 1 fully saturated rings. The minimum absolute atomic E-state index is 0.458. The van der Waals surface area contributed by atoms with E-state index in [4.69, 9.17) is 10.5 Å². The van der Waals surface area contributed by atoms with E-state index in [-0.39, 0.29) is 0 Å². The summed E-state index contributed by atoms with van der Waals surface area (Å²) < 4.78 is 6.42. The summed E-state index contributed by atoms with van der Waals surface area (Å²) in [5, 5.41) is 0. The van der Waals surface area contributed by atoms with Crippen molar-refractivity contribution in [2.45, 2.75) is 19.2 Å². The SMILES string of the molecule is Nc1ccc(Br)c2c1CN(CC1CO1)C2. The van der Waals surface area contributed by atoms with Gasteiger partial charge in [-0.05, 0) is 23.3 Å². The number of anilines is 1. The topological polar surface area (TPSA) is 41.8 Å². The number of nitrogen functional groups attached to an aromatic ring is 1. The van der Waals surface area contributed by atoms with Gasteiger partial charge in [0, 0.05) is 29.8 Å². The van der Waals surface area contributed by atoms with Crippen molar-refractivity contribution >= 4 is 21.6 Å². The van der Waals surface area contributed by atoms with Crippen LogP contribution in [-0.2, 0) is 17.8 Å². The molecule has 0 spiro atoms. The van der Waals surface area contributed by atoms with E-state index in [9.17, 15) is 0 Å². The van der Waals surface area contributed by atoms with Gasteiger partial charge in [-0.15, -0.1) is 0 Å². The predicted molar refractivity (Wildman–Crippen MR) is 62.4 cm³/mol. The molecule has 1 saturated heterocycles. The normalized spacial score (nSPS) is 24.2. The Bertz CT molecular complexity index is 373. The Morgan fingerprint density at radius 2 is 2.13 bits per heavy atom. The highest BCUT2D eigenvalue weighted by molar-refractivity contribution is 9.10. The number of nitrogens with two attached hydrogens (primary N) is 1. The molecule has 0 bridgehead atoms. The van der Waals surface area contributed by atoms with Crippen LogP contribution in [0.25, 0.3) is 0 Å². The number of benzene rings is 1. The maximum absolute atomic E-state index is 5.97. The second-order valence-corrected chi connectivity index (χ2v) is 5.07. The first-order valence-electron chi connectivity index (χ1n) is 5.14. The van der Waals surface area contributed by atoms with E-state index in [1.165, 1.54) is 15.6 Å². The highest BCUT2D eigenvalue weighted by Gasteiger charge is 2.30. The van der Waals surface area contributed by atoms with E-state index in [1.54, 1.807) is 0 Å². The predicted octanol–water partition coefficient (Wildman–Crippen LogP) is 1.75. The van der Waals surface area contributed by atoms with Crippen LogP contribution in [-0.4, -0.2) is 24.2 Å². The van der Waals surface area contributed by atoms with Crippen molar-refractivity contribution in [1.29, 1.82) is 0 Å². The molecule has 2 heterocycles. The molecule has 1 aromatic rings. The molecule has 1 aromatic carbocycles. The lowest BCUT2D eigenvalue weighted by Gasteiger charge is -2.12. The summed E-state index contributed by atoms with van der Waals surface area (Å²) in [6.07, 6.45) is 0.458. The van der Waals surface area contributed by atoms with Gasteiger partial charge in [0.25, 0.3) is 0 Å². The van der Waals surface area contributed by atoms with Gasteiger partial charge < -0.3 is 10.5 Å². The summed E-state index contributed by atoms with van der Waals surface area (Å²) in [5.41, 5.74) is 9.51. The standard InChI is InChI=1S/C11H13BrN2O/c12-10-1-2-11(13)9-5-14(4-8(9)10)3-7-6-15-7/h1-2,7H,3-6,13H2. The highest BCUT2D eigenvalue weighted by atomic mass is 79.9. The van der Waals surface area contributed by atoms with Crippen LogP contribution in [0.5, 0.6) is 0 Å². The Morgan fingerprint density at radius 1 is 1.40 bits per heavy atom.